The Morgan fingerprint density at radius 3 is 2.42 bits per heavy atom. The van der Waals surface area contributed by atoms with Gasteiger partial charge in [-0.05, 0) is 50.5 Å². The molecule has 128 valence electrons. The maximum atomic E-state index is 12.4. The smallest absolute Gasteiger partial charge is 0.226 e. The van der Waals surface area contributed by atoms with Crippen molar-refractivity contribution in [2.45, 2.75) is 39.2 Å². The third kappa shape index (κ3) is 3.67. The van der Waals surface area contributed by atoms with Gasteiger partial charge in [-0.1, -0.05) is 12.1 Å². The first-order valence-electron chi connectivity index (χ1n) is 8.50. The molecule has 1 aliphatic heterocycles. The van der Waals surface area contributed by atoms with Gasteiger partial charge in [-0.15, -0.1) is 0 Å². The molecule has 1 amide bonds. The molecule has 1 fully saturated rings. The number of nitrogens with zero attached hydrogens (tertiary/aromatic N) is 3. The quantitative estimate of drug-likeness (QED) is 0.867. The van der Waals surface area contributed by atoms with Gasteiger partial charge in [0.15, 0.2) is 0 Å². The predicted octanol–water partition coefficient (Wildman–Crippen LogP) is 2.67. The minimum absolute atomic E-state index is 0.198. The lowest BCUT2D eigenvalue weighted by Gasteiger charge is -2.31. The summed E-state index contributed by atoms with van der Waals surface area (Å²) in [7, 11) is 1.74. The van der Waals surface area contributed by atoms with Crippen LogP contribution in [0.1, 0.15) is 29.8 Å². The molecule has 0 bridgehead atoms. The Morgan fingerprint density at radius 2 is 1.88 bits per heavy atom. The van der Waals surface area contributed by atoms with Crippen LogP contribution in [0.3, 0.4) is 0 Å². The van der Waals surface area contributed by atoms with Gasteiger partial charge in [0.2, 0.25) is 5.91 Å². The van der Waals surface area contributed by atoms with Crippen LogP contribution in [0.15, 0.2) is 30.3 Å². The van der Waals surface area contributed by atoms with Crippen LogP contribution >= 0.6 is 0 Å². The number of rotatable bonds is 4. The van der Waals surface area contributed by atoms with Gasteiger partial charge in [0, 0.05) is 25.9 Å². The third-order valence-corrected chi connectivity index (χ3v) is 4.67. The van der Waals surface area contributed by atoms with Gasteiger partial charge in [-0.3, -0.25) is 4.79 Å². The highest BCUT2D eigenvalue weighted by atomic mass is 16.5. The van der Waals surface area contributed by atoms with Crippen LogP contribution in [-0.2, 0) is 16.0 Å². The van der Waals surface area contributed by atoms with E-state index in [4.69, 9.17) is 4.74 Å². The SMILES string of the molecule is COC1CCN(C(=O)Cc2ccc(-n3nc(C)cc3C)cc2)CC1. The summed E-state index contributed by atoms with van der Waals surface area (Å²) in [5, 5.41) is 4.49. The van der Waals surface area contributed by atoms with Gasteiger partial charge >= 0.3 is 0 Å². The number of hydrogen-bond donors (Lipinski definition) is 0. The van der Waals surface area contributed by atoms with Crippen molar-refractivity contribution in [3.63, 3.8) is 0 Å². The molecule has 0 atom stereocenters. The Hall–Kier alpha value is -2.14. The molecular weight excluding hydrogens is 302 g/mol. The van der Waals surface area contributed by atoms with Gasteiger partial charge in [-0.2, -0.15) is 5.10 Å². The van der Waals surface area contributed by atoms with Gasteiger partial charge in [-0.25, -0.2) is 4.68 Å². The minimum Gasteiger partial charge on any atom is -0.381 e. The maximum Gasteiger partial charge on any atom is 0.226 e. The van der Waals surface area contributed by atoms with Crippen molar-refractivity contribution >= 4 is 5.91 Å². The number of aromatic nitrogens is 2. The Labute approximate surface area is 143 Å². The molecule has 5 heteroatoms. The maximum absolute atomic E-state index is 12.4. The van der Waals surface area contributed by atoms with Crippen molar-refractivity contribution in [1.82, 2.24) is 14.7 Å². The van der Waals surface area contributed by atoms with E-state index in [-0.39, 0.29) is 5.91 Å². The molecule has 0 radical (unpaired) electrons. The lowest BCUT2D eigenvalue weighted by Crippen LogP contribution is -2.41. The Kier molecular flexibility index (Phi) is 5.00. The molecular formula is C19H25N3O2. The highest BCUT2D eigenvalue weighted by Crippen LogP contribution is 2.16. The number of benzene rings is 1. The first-order chi connectivity index (χ1) is 11.6. The normalized spacial score (nSPS) is 15.7. The highest BCUT2D eigenvalue weighted by molar-refractivity contribution is 5.79. The molecule has 24 heavy (non-hydrogen) atoms. The molecule has 0 saturated carbocycles. The number of likely N-dealkylation sites (tertiary alicyclic amines) is 1. The molecule has 1 aromatic carbocycles. The second-order valence-corrected chi connectivity index (χ2v) is 6.50. The Morgan fingerprint density at radius 1 is 1.21 bits per heavy atom. The van der Waals surface area contributed by atoms with Gasteiger partial charge in [0.25, 0.3) is 0 Å². The molecule has 1 aliphatic rings. The molecule has 1 aromatic heterocycles. The molecule has 0 spiro atoms. The van der Waals surface area contributed by atoms with E-state index >= 15 is 0 Å². The van der Waals surface area contributed by atoms with E-state index in [2.05, 4.69) is 11.2 Å². The number of amides is 1. The van der Waals surface area contributed by atoms with E-state index in [1.807, 2.05) is 47.7 Å². The van der Waals surface area contributed by atoms with E-state index in [0.29, 0.717) is 12.5 Å². The van der Waals surface area contributed by atoms with Crippen LogP contribution in [0.4, 0.5) is 0 Å². The predicted molar refractivity (Wildman–Crippen MR) is 93.4 cm³/mol. The van der Waals surface area contributed by atoms with Crippen molar-refractivity contribution < 1.29 is 9.53 Å². The number of methoxy groups -OCH3 is 1. The van der Waals surface area contributed by atoms with Crippen LogP contribution in [0.5, 0.6) is 0 Å². The van der Waals surface area contributed by atoms with Crippen molar-refractivity contribution in [3.05, 3.63) is 47.3 Å². The second kappa shape index (κ2) is 7.18. The lowest BCUT2D eigenvalue weighted by molar-refractivity contribution is -0.132. The van der Waals surface area contributed by atoms with E-state index in [1.165, 1.54) is 0 Å². The highest BCUT2D eigenvalue weighted by Gasteiger charge is 2.22. The monoisotopic (exact) mass is 327 g/mol. The largest absolute Gasteiger partial charge is 0.381 e. The molecule has 0 aliphatic carbocycles. The standard InChI is InChI=1S/C19H25N3O2/c1-14-12-15(2)22(20-14)17-6-4-16(5-7-17)13-19(23)21-10-8-18(24-3)9-11-21/h4-7,12,18H,8-11,13H2,1-3H3. The molecule has 5 nitrogen and oxygen atoms in total. The second-order valence-electron chi connectivity index (χ2n) is 6.50. The zero-order valence-corrected chi connectivity index (χ0v) is 14.7. The van der Waals surface area contributed by atoms with E-state index < -0.39 is 0 Å². The fraction of sp³-hybridized carbons (Fsp3) is 0.474. The Bertz CT molecular complexity index is 698. The summed E-state index contributed by atoms with van der Waals surface area (Å²) in [6, 6.07) is 10.1. The topological polar surface area (TPSA) is 47.4 Å². The third-order valence-electron chi connectivity index (χ3n) is 4.67. The fourth-order valence-corrected chi connectivity index (χ4v) is 3.27. The van der Waals surface area contributed by atoms with Crippen LogP contribution in [0.25, 0.3) is 5.69 Å². The van der Waals surface area contributed by atoms with Gasteiger partial charge in [0.05, 0.1) is 23.9 Å². The van der Waals surface area contributed by atoms with Crippen LogP contribution in [0.2, 0.25) is 0 Å². The average molecular weight is 327 g/mol. The first kappa shape index (κ1) is 16.7. The first-order valence-corrected chi connectivity index (χ1v) is 8.50. The number of piperidine rings is 1. The molecule has 2 heterocycles. The van der Waals surface area contributed by atoms with Crippen molar-refractivity contribution in [2.24, 2.45) is 0 Å². The number of carbonyl (C=O) groups is 1. The number of ether oxygens (including phenoxy) is 1. The summed E-state index contributed by atoms with van der Waals surface area (Å²) in [5.41, 5.74) is 4.18. The lowest BCUT2D eigenvalue weighted by atomic mass is 10.1. The number of carbonyl (C=O) groups excluding carboxylic acids is 1. The van der Waals surface area contributed by atoms with Crippen molar-refractivity contribution in [2.75, 3.05) is 20.2 Å². The van der Waals surface area contributed by atoms with Crippen LogP contribution < -0.4 is 0 Å². The molecule has 0 unspecified atom stereocenters. The molecule has 2 aromatic rings. The zero-order chi connectivity index (χ0) is 17.1. The van der Waals surface area contributed by atoms with Crippen molar-refractivity contribution in [3.8, 4) is 5.69 Å². The summed E-state index contributed by atoms with van der Waals surface area (Å²) in [6.07, 6.45) is 2.61. The summed E-state index contributed by atoms with van der Waals surface area (Å²) in [5.74, 6) is 0.198. The average Bonchev–Trinajstić information content (AvgIpc) is 2.94. The summed E-state index contributed by atoms with van der Waals surface area (Å²) in [6.45, 7) is 5.62. The summed E-state index contributed by atoms with van der Waals surface area (Å²) >= 11 is 0. The molecule has 0 N–H and O–H groups in total. The van der Waals surface area contributed by atoms with E-state index in [1.54, 1.807) is 7.11 Å². The zero-order valence-electron chi connectivity index (χ0n) is 14.7. The number of hydrogen-bond acceptors (Lipinski definition) is 3. The van der Waals surface area contributed by atoms with Crippen LogP contribution in [-0.4, -0.2) is 46.9 Å². The number of aryl methyl sites for hydroxylation is 2. The fourth-order valence-electron chi connectivity index (χ4n) is 3.27. The minimum atomic E-state index is 0.198. The summed E-state index contributed by atoms with van der Waals surface area (Å²) in [4.78, 5) is 14.4. The van der Waals surface area contributed by atoms with E-state index in [0.717, 1.165) is 48.6 Å². The van der Waals surface area contributed by atoms with Crippen molar-refractivity contribution in [1.29, 1.82) is 0 Å². The molecule has 3 rings (SSSR count). The summed E-state index contributed by atoms with van der Waals surface area (Å²) < 4.78 is 7.28. The Balaban J connectivity index is 1.62. The van der Waals surface area contributed by atoms with Gasteiger partial charge < -0.3 is 9.64 Å². The van der Waals surface area contributed by atoms with E-state index in [9.17, 15) is 4.79 Å². The van der Waals surface area contributed by atoms with Crippen LogP contribution in [0, 0.1) is 13.8 Å². The van der Waals surface area contributed by atoms with Gasteiger partial charge in [0.1, 0.15) is 0 Å². The molecule has 1 saturated heterocycles.